The molecule has 0 aliphatic heterocycles. The van der Waals surface area contributed by atoms with Crippen LogP contribution >= 0.6 is 0 Å². The molecule has 6 nitrogen and oxygen atoms in total. The summed E-state index contributed by atoms with van der Waals surface area (Å²) in [5.74, 6) is -0.919. The van der Waals surface area contributed by atoms with Crippen LogP contribution in [0, 0.1) is 0 Å². The number of carbonyl (C=O) groups excluding carboxylic acids is 1. The van der Waals surface area contributed by atoms with E-state index in [2.05, 4.69) is 19.2 Å². The Morgan fingerprint density at radius 1 is 1.29 bits per heavy atom. The highest BCUT2D eigenvalue weighted by Crippen LogP contribution is 2.18. The molecule has 1 rings (SSSR count). The molecule has 0 aliphatic carbocycles. The van der Waals surface area contributed by atoms with Crippen molar-refractivity contribution in [3.8, 4) is 5.75 Å². The van der Waals surface area contributed by atoms with E-state index in [0.717, 1.165) is 6.92 Å². The molecule has 0 spiro atoms. The number of amides is 1. The number of ether oxygens (including phenoxy) is 1. The van der Waals surface area contributed by atoms with Gasteiger partial charge in [0.05, 0.1) is 6.54 Å². The quantitative estimate of drug-likeness (QED) is 0.701. The van der Waals surface area contributed by atoms with Crippen LogP contribution < -0.4 is 10.1 Å². The van der Waals surface area contributed by atoms with Crippen LogP contribution in [0.5, 0.6) is 5.75 Å². The lowest BCUT2D eigenvalue weighted by atomic mass is 10.0. The fraction of sp³-hybridized carbons (Fsp3) is 0.467. The Morgan fingerprint density at radius 2 is 1.86 bits per heavy atom. The molecule has 0 fully saturated rings. The molecule has 6 heteroatoms. The minimum atomic E-state index is -1.99. The molecule has 3 N–H and O–H groups in total. The summed E-state index contributed by atoms with van der Waals surface area (Å²) in [6.45, 7) is 4.66. The van der Waals surface area contributed by atoms with E-state index in [1.54, 1.807) is 12.1 Å². The normalized spacial score (nSPS) is 13.6. The first-order chi connectivity index (χ1) is 9.72. The summed E-state index contributed by atoms with van der Waals surface area (Å²) in [6, 6.07) is 7.40. The van der Waals surface area contributed by atoms with Crippen LogP contribution in [0.2, 0.25) is 0 Å². The van der Waals surface area contributed by atoms with Gasteiger partial charge in [0.2, 0.25) is 0 Å². The number of hydrogen-bond acceptors (Lipinski definition) is 4. The smallest absolute Gasteiger partial charge is 0.337 e. The van der Waals surface area contributed by atoms with Crippen molar-refractivity contribution in [3.63, 3.8) is 0 Å². The maximum Gasteiger partial charge on any atom is 0.337 e. The number of aliphatic carboxylic acids is 1. The first-order valence-corrected chi connectivity index (χ1v) is 6.67. The third-order valence-electron chi connectivity index (χ3n) is 3.01. The zero-order valence-corrected chi connectivity index (χ0v) is 12.4. The molecule has 1 unspecified atom stereocenters. The summed E-state index contributed by atoms with van der Waals surface area (Å²) in [5.41, 5.74) is -0.821. The van der Waals surface area contributed by atoms with Crippen LogP contribution in [0.15, 0.2) is 24.3 Å². The molecule has 0 radical (unpaired) electrons. The van der Waals surface area contributed by atoms with Crippen molar-refractivity contribution in [2.24, 2.45) is 0 Å². The highest BCUT2D eigenvalue weighted by molar-refractivity contribution is 5.80. The minimum absolute atomic E-state index is 0.239. The third kappa shape index (κ3) is 5.43. The number of carboxylic acid groups (broad SMARTS) is 1. The van der Waals surface area contributed by atoms with Crippen molar-refractivity contribution in [1.29, 1.82) is 0 Å². The summed E-state index contributed by atoms with van der Waals surface area (Å²) < 4.78 is 5.29. The largest absolute Gasteiger partial charge is 0.484 e. The van der Waals surface area contributed by atoms with E-state index in [1.807, 2.05) is 12.1 Å². The lowest BCUT2D eigenvalue weighted by Gasteiger charge is -2.18. The number of aliphatic hydroxyl groups is 1. The molecular weight excluding hydrogens is 274 g/mol. The highest BCUT2D eigenvalue weighted by atomic mass is 16.5. The van der Waals surface area contributed by atoms with E-state index < -0.39 is 17.5 Å². The Labute approximate surface area is 123 Å². The van der Waals surface area contributed by atoms with Gasteiger partial charge in [0.1, 0.15) is 5.75 Å². The number of carboxylic acids is 1. The Bertz CT molecular complexity index is 493. The molecule has 116 valence electrons. The van der Waals surface area contributed by atoms with Gasteiger partial charge in [-0.1, -0.05) is 26.0 Å². The summed E-state index contributed by atoms with van der Waals surface area (Å²) in [5, 5.41) is 20.5. The first-order valence-electron chi connectivity index (χ1n) is 6.67. The van der Waals surface area contributed by atoms with Crippen LogP contribution in [0.25, 0.3) is 0 Å². The summed E-state index contributed by atoms with van der Waals surface area (Å²) >= 11 is 0. The lowest BCUT2D eigenvalue weighted by molar-refractivity contribution is -0.156. The number of nitrogens with one attached hydrogen (secondary N) is 1. The second-order valence-electron chi connectivity index (χ2n) is 5.37. The monoisotopic (exact) mass is 295 g/mol. The van der Waals surface area contributed by atoms with E-state index in [0.29, 0.717) is 11.7 Å². The van der Waals surface area contributed by atoms with Gasteiger partial charge in [-0.15, -0.1) is 0 Å². The van der Waals surface area contributed by atoms with Crippen LogP contribution in [-0.2, 0) is 9.59 Å². The molecule has 0 bridgehead atoms. The highest BCUT2D eigenvalue weighted by Gasteiger charge is 2.30. The Hall–Kier alpha value is -2.08. The van der Waals surface area contributed by atoms with E-state index >= 15 is 0 Å². The molecule has 1 aromatic rings. The number of carbonyl (C=O) groups is 2. The fourth-order valence-corrected chi connectivity index (χ4v) is 1.50. The van der Waals surface area contributed by atoms with Crippen LogP contribution in [0.3, 0.4) is 0 Å². The summed E-state index contributed by atoms with van der Waals surface area (Å²) in [4.78, 5) is 22.2. The zero-order chi connectivity index (χ0) is 16.0. The third-order valence-corrected chi connectivity index (χ3v) is 3.01. The van der Waals surface area contributed by atoms with Gasteiger partial charge in [0, 0.05) is 0 Å². The summed E-state index contributed by atoms with van der Waals surface area (Å²) in [7, 11) is 0. The molecule has 0 aromatic heterocycles. The molecule has 0 saturated heterocycles. The van der Waals surface area contributed by atoms with Gasteiger partial charge >= 0.3 is 5.97 Å². The van der Waals surface area contributed by atoms with E-state index in [4.69, 9.17) is 9.84 Å². The van der Waals surface area contributed by atoms with Crippen LogP contribution in [0.4, 0.5) is 0 Å². The molecule has 21 heavy (non-hydrogen) atoms. The Balaban J connectivity index is 2.41. The molecule has 0 saturated carbocycles. The van der Waals surface area contributed by atoms with Gasteiger partial charge in [-0.05, 0) is 30.5 Å². The molecule has 0 aliphatic rings. The van der Waals surface area contributed by atoms with Gasteiger partial charge in [-0.25, -0.2) is 4.79 Å². The van der Waals surface area contributed by atoms with Crippen molar-refractivity contribution in [2.75, 3.05) is 13.2 Å². The van der Waals surface area contributed by atoms with E-state index in [1.165, 1.54) is 5.56 Å². The fourth-order valence-electron chi connectivity index (χ4n) is 1.50. The van der Waals surface area contributed by atoms with Crippen molar-refractivity contribution in [3.05, 3.63) is 29.8 Å². The zero-order valence-electron chi connectivity index (χ0n) is 12.4. The summed E-state index contributed by atoms with van der Waals surface area (Å²) in [6.07, 6.45) is 0. The van der Waals surface area contributed by atoms with Crippen molar-refractivity contribution in [2.45, 2.75) is 32.3 Å². The maximum absolute atomic E-state index is 11.5. The maximum atomic E-state index is 11.5. The molecule has 0 heterocycles. The van der Waals surface area contributed by atoms with Gasteiger partial charge in [-0.2, -0.15) is 0 Å². The van der Waals surface area contributed by atoms with Crippen LogP contribution in [0.1, 0.15) is 32.3 Å². The molecule has 1 amide bonds. The van der Waals surface area contributed by atoms with Gasteiger partial charge in [0.25, 0.3) is 5.91 Å². The predicted molar refractivity (Wildman–Crippen MR) is 77.3 cm³/mol. The minimum Gasteiger partial charge on any atom is -0.484 e. The number of hydrogen-bond donors (Lipinski definition) is 3. The van der Waals surface area contributed by atoms with Crippen LogP contribution in [-0.4, -0.2) is 40.8 Å². The lowest BCUT2D eigenvalue weighted by Crippen LogP contribution is -2.47. The SMILES string of the molecule is CC(C)c1ccc(OCC(=O)NCC(C)(O)C(=O)O)cc1. The average Bonchev–Trinajstić information content (AvgIpc) is 2.43. The Kier molecular flexibility index (Phi) is 5.72. The molecule has 1 aromatic carbocycles. The van der Waals surface area contributed by atoms with Gasteiger partial charge < -0.3 is 20.3 Å². The molecule has 1 atom stereocenters. The number of benzene rings is 1. The van der Waals surface area contributed by atoms with E-state index in [9.17, 15) is 14.7 Å². The first kappa shape index (κ1) is 17.0. The topological polar surface area (TPSA) is 95.9 Å². The van der Waals surface area contributed by atoms with Crippen molar-refractivity contribution < 1.29 is 24.5 Å². The van der Waals surface area contributed by atoms with E-state index in [-0.39, 0.29) is 13.2 Å². The standard InChI is InChI=1S/C15H21NO5/c1-10(2)11-4-6-12(7-5-11)21-8-13(17)16-9-15(3,20)14(18)19/h4-7,10,20H,8-9H2,1-3H3,(H,16,17)(H,18,19). The average molecular weight is 295 g/mol. The Morgan fingerprint density at radius 3 is 2.33 bits per heavy atom. The van der Waals surface area contributed by atoms with Gasteiger partial charge in [-0.3, -0.25) is 4.79 Å². The number of rotatable bonds is 7. The molecular formula is C15H21NO5. The van der Waals surface area contributed by atoms with Crippen molar-refractivity contribution >= 4 is 11.9 Å². The second-order valence-corrected chi connectivity index (χ2v) is 5.37. The van der Waals surface area contributed by atoms with Crippen molar-refractivity contribution in [1.82, 2.24) is 5.32 Å². The second kappa shape index (κ2) is 7.08. The predicted octanol–water partition coefficient (Wildman–Crippen LogP) is 1.14. The van der Waals surface area contributed by atoms with Gasteiger partial charge in [0.15, 0.2) is 12.2 Å².